The number of benzene rings is 1. The number of allylic oxidation sites excluding steroid dienone is 2. The zero-order chi connectivity index (χ0) is 15.5. The second-order valence-electron chi connectivity index (χ2n) is 5.52. The minimum absolute atomic E-state index is 0.0320. The third-order valence-electron chi connectivity index (χ3n) is 4.06. The topological polar surface area (TPSA) is 52.6 Å². The molecule has 3 rings (SSSR count). The Balaban J connectivity index is 1.81. The van der Waals surface area contributed by atoms with Crippen LogP contribution < -0.4 is 0 Å². The average molecular weight is 298 g/mol. The molecular formula is C18H18O4. The molecule has 0 bridgehead atoms. The van der Waals surface area contributed by atoms with Crippen LogP contribution in [-0.4, -0.2) is 25.0 Å². The maximum absolute atomic E-state index is 12.0. The summed E-state index contributed by atoms with van der Waals surface area (Å²) >= 11 is 0. The molecule has 1 heterocycles. The van der Waals surface area contributed by atoms with E-state index in [4.69, 9.17) is 9.47 Å². The first kappa shape index (κ1) is 14.6. The number of Topliss-reactive ketones (excluding diaryl/α,β-unsaturated/α-hetero) is 1. The number of carbonyl (C=O) groups is 2. The largest absolute Gasteiger partial charge is 0.489 e. The number of hydrogen-bond acceptors (Lipinski definition) is 4. The molecule has 0 radical (unpaired) electrons. The zero-order valence-electron chi connectivity index (χ0n) is 12.5. The molecule has 1 aromatic carbocycles. The van der Waals surface area contributed by atoms with E-state index < -0.39 is 5.92 Å². The van der Waals surface area contributed by atoms with E-state index in [1.54, 1.807) is 6.08 Å². The fraction of sp³-hybridized carbons (Fsp3) is 0.333. The Bertz CT molecular complexity index is 642. The average Bonchev–Trinajstić information content (AvgIpc) is 2.55. The van der Waals surface area contributed by atoms with Crippen LogP contribution in [0.4, 0.5) is 0 Å². The van der Waals surface area contributed by atoms with Gasteiger partial charge in [0.05, 0.1) is 12.7 Å². The fourth-order valence-corrected chi connectivity index (χ4v) is 2.92. The minimum atomic E-state index is -0.471. The molecule has 4 heteroatoms. The Morgan fingerprint density at radius 2 is 2.09 bits per heavy atom. The summed E-state index contributed by atoms with van der Waals surface area (Å²) in [7, 11) is 1.36. The van der Waals surface area contributed by atoms with E-state index in [-0.39, 0.29) is 17.9 Å². The van der Waals surface area contributed by atoms with E-state index in [1.807, 2.05) is 36.4 Å². The van der Waals surface area contributed by atoms with Crippen molar-refractivity contribution in [3.63, 3.8) is 0 Å². The van der Waals surface area contributed by atoms with E-state index in [0.29, 0.717) is 30.6 Å². The number of hydrogen-bond donors (Lipinski definition) is 0. The second kappa shape index (κ2) is 6.18. The van der Waals surface area contributed by atoms with Crippen molar-refractivity contribution in [3.8, 4) is 0 Å². The van der Waals surface area contributed by atoms with E-state index >= 15 is 0 Å². The van der Waals surface area contributed by atoms with Gasteiger partial charge in [-0.05, 0) is 24.1 Å². The van der Waals surface area contributed by atoms with Gasteiger partial charge in [0.15, 0.2) is 5.78 Å². The standard InChI is InChI=1S/C18H18O4/c1-21-18(20)15-9-10-16(19)14-8-7-13(22-17(14)15)11-12-5-3-2-4-6-12/h2-8,13,15H,9-11H2,1H3/t13-,15-/m0/s1. The van der Waals surface area contributed by atoms with E-state index in [9.17, 15) is 9.59 Å². The van der Waals surface area contributed by atoms with Crippen molar-refractivity contribution in [1.29, 1.82) is 0 Å². The van der Waals surface area contributed by atoms with Gasteiger partial charge in [-0.25, -0.2) is 0 Å². The molecule has 114 valence electrons. The first-order valence-corrected chi connectivity index (χ1v) is 7.43. The summed E-state index contributed by atoms with van der Waals surface area (Å²) in [4.78, 5) is 23.9. The summed E-state index contributed by atoms with van der Waals surface area (Å²) in [6.07, 6.45) is 5.04. The molecule has 4 nitrogen and oxygen atoms in total. The summed E-state index contributed by atoms with van der Waals surface area (Å²) in [5.41, 5.74) is 1.67. The second-order valence-corrected chi connectivity index (χ2v) is 5.52. The summed E-state index contributed by atoms with van der Waals surface area (Å²) in [6, 6.07) is 9.99. The Hall–Kier alpha value is -2.36. The Morgan fingerprint density at radius 3 is 2.82 bits per heavy atom. The van der Waals surface area contributed by atoms with E-state index in [1.165, 1.54) is 7.11 Å². The predicted octanol–water partition coefficient (Wildman–Crippen LogP) is 2.59. The lowest BCUT2D eigenvalue weighted by molar-refractivity contribution is -0.146. The molecule has 0 unspecified atom stereocenters. The van der Waals surface area contributed by atoms with Crippen molar-refractivity contribution in [2.75, 3.05) is 7.11 Å². The van der Waals surface area contributed by atoms with Gasteiger partial charge in [0, 0.05) is 12.8 Å². The number of ketones is 1. The van der Waals surface area contributed by atoms with Crippen molar-refractivity contribution in [2.24, 2.45) is 5.92 Å². The molecule has 0 saturated carbocycles. The first-order valence-electron chi connectivity index (χ1n) is 7.43. The lowest BCUT2D eigenvalue weighted by Gasteiger charge is -2.30. The number of ether oxygens (including phenoxy) is 2. The van der Waals surface area contributed by atoms with Crippen molar-refractivity contribution in [1.82, 2.24) is 0 Å². The number of rotatable bonds is 3. The molecule has 0 fully saturated rings. The van der Waals surface area contributed by atoms with Crippen molar-refractivity contribution < 1.29 is 19.1 Å². The molecule has 1 aromatic rings. The van der Waals surface area contributed by atoms with Crippen LogP contribution in [0.15, 0.2) is 53.8 Å². The van der Waals surface area contributed by atoms with Crippen LogP contribution in [-0.2, 0) is 25.5 Å². The van der Waals surface area contributed by atoms with Gasteiger partial charge < -0.3 is 9.47 Å². The predicted molar refractivity (Wildman–Crippen MR) is 80.9 cm³/mol. The smallest absolute Gasteiger partial charge is 0.316 e. The number of methoxy groups -OCH3 is 1. The fourth-order valence-electron chi connectivity index (χ4n) is 2.92. The third-order valence-corrected chi connectivity index (χ3v) is 4.06. The normalized spacial score (nSPS) is 23.8. The molecule has 2 atom stereocenters. The highest BCUT2D eigenvalue weighted by atomic mass is 16.5. The van der Waals surface area contributed by atoms with E-state index in [0.717, 1.165) is 5.56 Å². The molecular weight excluding hydrogens is 280 g/mol. The molecule has 2 aliphatic rings. The summed E-state index contributed by atoms with van der Waals surface area (Å²) in [6.45, 7) is 0. The highest BCUT2D eigenvalue weighted by Crippen LogP contribution is 2.34. The van der Waals surface area contributed by atoms with Gasteiger partial charge in [-0.1, -0.05) is 30.3 Å². The van der Waals surface area contributed by atoms with Crippen LogP contribution in [0.3, 0.4) is 0 Å². The molecule has 22 heavy (non-hydrogen) atoms. The molecule has 0 spiro atoms. The van der Waals surface area contributed by atoms with Gasteiger partial charge in [0.2, 0.25) is 0 Å². The van der Waals surface area contributed by atoms with Gasteiger partial charge in [-0.15, -0.1) is 0 Å². The third kappa shape index (κ3) is 2.82. The van der Waals surface area contributed by atoms with Crippen LogP contribution in [0, 0.1) is 5.92 Å². The lowest BCUT2D eigenvalue weighted by Crippen LogP contribution is -2.32. The summed E-state index contributed by atoms with van der Waals surface area (Å²) < 4.78 is 10.8. The Kier molecular flexibility index (Phi) is 4.09. The Morgan fingerprint density at radius 1 is 1.32 bits per heavy atom. The summed E-state index contributed by atoms with van der Waals surface area (Å²) in [5, 5.41) is 0. The monoisotopic (exact) mass is 298 g/mol. The highest BCUT2D eigenvalue weighted by molar-refractivity contribution is 6.01. The van der Waals surface area contributed by atoms with E-state index in [2.05, 4.69) is 0 Å². The minimum Gasteiger partial charge on any atom is -0.489 e. The number of carbonyl (C=O) groups excluding carboxylic acids is 2. The van der Waals surface area contributed by atoms with Gasteiger partial charge in [0.25, 0.3) is 0 Å². The molecule has 0 N–H and O–H groups in total. The van der Waals surface area contributed by atoms with Gasteiger partial charge in [-0.3, -0.25) is 9.59 Å². The van der Waals surface area contributed by atoms with Gasteiger partial charge >= 0.3 is 5.97 Å². The van der Waals surface area contributed by atoms with Crippen LogP contribution in [0.25, 0.3) is 0 Å². The quantitative estimate of drug-likeness (QED) is 0.805. The highest BCUT2D eigenvalue weighted by Gasteiger charge is 2.37. The molecule has 0 amide bonds. The van der Waals surface area contributed by atoms with Gasteiger partial charge in [-0.2, -0.15) is 0 Å². The number of esters is 1. The van der Waals surface area contributed by atoms with Crippen molar-refractivity contribution in [3.05, 3.63) is 59.4 Å². The summed E-state index contributed by atoms with van der Waals surface area (Å²) in [5.74, 6) is -0.300. The molecule has 1 aliphatic heterocycles. The zero-order valence-corrected chi connectivity index (χ0v) is 12.5. The molecule has 1 aliphatic carbocycles. The first-order chi connectivity index (χ1) is 10.7. The van der Waals surface area contributed by atoms with Crippen LogP contribution in [0.2, 0.25) is 0 Å². The van der Waals surface area contributed by atoms with Gasteiger partial charge in [0.1, 0.15) is 17.8 Å². The Labute approximate surface area is 129 Å². The lowest BCUT2D eigenvalue weighted by atomic mass is 9.85. The van der Waals surface area contributed by atoms with Crippen molar-refractivity contribution in [2.45, 2.75) is 25.4 Å². The van der Waals surface area contributed by atoms with Crippen molar-refractivity contribution >= 4 is 11.8 Å². The SMILES string of the molecule is COC(=O)[C@H]1CCC(=O)C2=C1O[C@H](Cc1ccccc1)C=C2. The molecule has 0 aromatic heterocycles. The van der Waals surface area contributed by atoms with Crippen LogP contribution in [0.5, 0.6) is 0 Å². The van der Waals surface area contributed by atoms with Crippen LogP contribution in [0.1, 0.15) is 18.4 Å². The van der Waals surface area contributed by atoms with Crippen LogP contribution >= 0.6 is 0 Å². The molecule has 0 saturated heterocycles. The maximum Gasteiger partial charge on any atom is 0.316 e. The maximum atomic E-state index is 12.0.